The summed E-state index contributed by atoms with van der Waals surface area (Å²) >= 11 is 0. The Balaban J connectivity index is 1.32. The van der Waals surface area contributed by atoms with Gasteiger partial charge in [-0.05, 0) is 91.0 Å². The van der Waals surface area contributed by atoms with Gasteiger partial charge in [0, 0.05) is 0 Å². The summed E-state index contributed by atoms with van der Waals surface area (Å²) < 4.78 is 5.79. The van der Waals surface area contributed by atoms with Crippen LogP contribution in [0.5, 0.6) is 5.75 Å². The molecule has 0 aromatic heterocycles. The number of rotatable bonds is 12. The minimum atomic E-state index is 0.451. The van der Waals surface area contributed by atoms with Gasteiger partial charge in [-0.2, -0.15) is 0 Å². The van der Waals surface area contributed by atoms with Crippen molar-refractivity contribution in [3.8, 4) is 16.9 Å². The molecule has 0 N–H and O–H groups in total. The van der Waals surface area contributed by atoms with E-state index in [4.69, 9.17) is 4.74 Å². The fraction of sp³-hybridized carbons (Fsp3) is 0.562. The Bertz CT molecular complexity index is 849. The molecule has 3 fully saturated rings. The summed E-state index contributed by atoms with van der Waals surface area (Å²) in [4.78, 5) is 0. The molecule has 0 aliphatic heterocycles. The lowest BCUT2D eigenvalue weighted by Gasteiger charge is -2.54. The van der Waals surface area contributed by atoms with Crippen molar-refractivity contribution < 1.29 is 4.74 Å². The van der Waals surface area contributed by atoms with Gasteiger partial charge < -0.3 is 4.74 Å². The molecule has 178 valence electrons. The van der Waals surface area contributed by atoms with Crippen LogP contribution >= 0.6 is 0 Å². The molecule has 3 aliphatic rings. The topological polar surface area (TPSA) is 9.23 Å². The van der Waals surface area contributed by atoms with Gasteiger partial charge in [-0.1, -0.05) is 94.5 Å². The van der Waals surface area contributed by atoms with Crippen LogP contribution in [0.1, 0.15) is 103 Å². The van der Waals surface area contributed by atoms with Crippen LogP contribution in [0.15, 0.2) is 60.7 Å². The summed E-state index contributed by atoms with van der Waals surface area (Å²) in [6.07, 6.45) is 22.5. The van der Waals surface area contributed by atoms with Crippen LogP contribution in [0.3, 0.4) is 0 Å². The lowest BCUT2D eigenvalue weighted by atomic mass is 9.51. The first-order valence-corrected chi connectivity index (χ1v) is 13.7. The second-order valence-corrected chi connectivity index (χ2v) is 10.7. The van der Waals surface area contributed by atoms with Crippen molar-refractivity contribution in [2.75, 3.05) is 6.61 Å². The minimum absolute atomic E-state index is 0.451. The third-order valence-electron chi connectivity index (χ3n) is 8.65. The number of hydrogen-bond donors (Lipinski definition) is 0. The van der Waals surface area contributed by atoms with Gasteiger partial charge in [0.1, 0.15) is 12.4 Å². The van der Waals surface area contributed by atoms with Crippen molar-refractivity contribution in [2.24, 2.45) is 5.41 Å². The number of ether oxygens (including phenoxy) is 1. The lowest BCUT2D eigenvalue weighted by Crippen LogP contribution is -2.44. The van der Waals surface area contributed by atoms with Crippen molar-refractivity contribution in [3.63, 3.8) is 0 Å². The normalized spacial score (nSPS) is 24.4. The Kier molecular flexibility index (Phi) is 8.34. The maximum atomic E-state index is 5.79. The number of unbranched alkanes of at least 4 members (excludes halogenated alkanes) is 4. The van der Waals surface area contributed by atoms with Gasteiger partial charge in [0.2, 0.25) is 0 Å². The molecule has 1 heteroatoms. The highest BCUT2D eigenvalue weighted by Gasteiger charge is 2.48. The highest BCUT2D eigenvalue weighted by atomic mass is 16.5. The van der Waals surface area contributed by atoms with Crippen LogP contribution < -0.4 is 4.74 Å². The molecule has 0 unspecified atom stereocenters. The minimum Gasteiger partial charge on any atom is -0.490 e. The van der Waals surface area contributed by atoms with Crippen LogP contribution in [-0.4, -0.2) is 6.61 Å². The molecule has 2 bridgehead atoms. The average molecular weight is 445 g/mol. The zero-order valence-corrected chi connectivity index (χ0v) is 21.1. The van der Waals surface area contributed by atoms with Crippen molar-refractivity contribution in [1.29, 1.82) is 0 Å². The molecule has 33 heavy (non-hydrogen) atoms. The van der Waals surface area contributed by atoms with E-state index in [1.54, 1.807) is 5.56 Å². The summed E-state index contributed by atoms with van der Waals surface area (Å²) in [5, 5.41) is 0. The zero-order valence-electron chi connectivity index (χ0n) is 21.1. The molecule has 0 saturated heterocycles. The average Bonchev–Trinajstić information content (AvgIpc) is 2.88. The predicted octanol–water partition coefficient (Wildman–Crippen LogP) is 9.65. The molecule has 2 aromatic carbocycles. The van der Waals surface area contributed by atoms with E-state index in [9.17, 15) is 0 Å². The molecule has 5 rings (SSSR count). The van der Waals surface area contributed by atoms with E-state index in [-0.39, 0.29) is 0 Å². The number of allylic oxidation sites excluding steroid dienone is 1. The monoisotopic (exact) mass is 444 g/mol. The molecule has 3 saturated carbocycles. The van der Waals surface area contributed by atoms with Crippen molar-refractivity contribution in [3.05, 3.63) is 66.2 Å². The largest absolute Gasteiger partial charge is 0.490 e. The highest BCUT2D eigenvalue weighted by molar-refractivity contribution is 5.64. The van der Waals surface area contributed by atoms with Crippen molar-refractivity contribution >= 4 is 0 Å². The van der Waals surface area contributed by atoms with E-state index in [1.165, 1.54) is 88.2 Å². The van der Waals surface area contributed by atoms with Gasteiger partial charge >= 0.3 is 0 Å². The third kappa shape index (κ3) is 5.92. The second kappa shape index (κ2) is 11.4. The van der Waals surface area contributed by atoms with E-state index in [2.05, 4.69) is 74.5 Å². The van der Waals surface area contributed by atoms with Crippen LogP contribution in [0.4, 0.5) is 0 Å². The van der Waals surface area contributed by atoms with Crippen LogP contribution in [0.25, 0.3) is 11.1 Å². The Hall–Kier alpha value is -2.02. The summed E-state index contributed by atoms with van der Waals surface area (Å²) in [7, 11) is 0. The van der Waals surface area contributed by atoms with E-state index >= 15 is 0 Å². The first-order valence-electron chi connectivity index (χ1n) is 13.7. The van der Waals surface area contributed by atoms with Gasteiger partial charge in [-0.3, -0.25) is 0 Å². The maximum Gasteiger partial charge on any atom is 0.119 e. The van der Waals surface area contributed by atoms with Crippen LogP contribution in [0.2, 0.25) is 0 Å². The Morgan fingerprint density at radius 3 is 1.91 bits per heavy atom. The molecule has 0 amide bonds. The van der Waals surface area contributed by atoms with Gasteiger partial charge in [-0.25, -0.2) is 0 Å². The highest BCUT2D eigenvalue weighted by Crippen LogP contribution is 2.59. The standard InChI is InChI=1S/C32H44O/c1-3-5-7-8-9-19-31-20-23-32(24-21-31,25-22-31)29-15-11-27(12-16-29)28-13-17-30(18-14-28)33-26-10-6-4-2/h6,10-18H,3-5,7-9,19-26H2,1-2H3/b10-6+. The van der Waals surface area contributed by atoms with E-state index in [1.807, 2.05) is 0 Å². The molecule has 0 atom stereocenters. The molecule has 0 spiro atoms. The first-order chi connectivity index (χ1) is 16.2. The molecule has 2 aromatic rings. The summed E-state index contributed by atoms with van der Waals surface area (Å²) in [5.41, 5.74) is 5.30. The molecule has 3 aliphatic carbocycles. The van der Waals surface area contributed by atoms with Gasteiger partial charge in [-0.15, -0.1) is 0 Å². The maximum absolute atomic E-state index is 5.79. The summed E-state index contributed by atoms with van der Waals surface area (Å²) in [5.74, 6) is 0.938. The SMILES string of the molecule is CC/C=C/COc1ccc(-c2ccc(C34CCC(CCCCCCC)(CC3)CC4)cc2)cc1. The lowest BCUT2D eigenvalue weighted by molar-refractivity contribution is 0.0304. The molecule has 0 heterocycles. The first kappa shape index (κ1) is 24.1. The van der Waals surface area contributed by atoms with Gasteiger partial charge in [0.15, 0.2) is 0 Å². The van der Waals surface area contributed by atoms with Gasteiger partial charge in [0.25, 0.3) is 0 Å². The number of fused-ring (bicyclic) bond motifs is 3. The second-order valence-electron chi connectivity index (χ2n) is 10.7. The molecular formula is C32H44O. The van der Waals surface area contributed by atoms with Crippen molar-refractivity contribution in [1.82, 2.24) is 0 Å². The van der Waals surface area contributed by atoms with Crippen LogP contribution in [-0.2, 0) is 5.41 Å². The fourth-order valence-electron chi connectivity index (χ4n) is 6.31. The third-order valence-corrected chi connectivity index (χ3v) is 8.65. The Morgan fingerprint density at radius 2 is 1.30 bits per heavy atom. The van der Waals surface area contributed by atoms with E-state index in [0.717, 1.165) is 12.2 Å². The Morgan fingerprint density at radius 1 is 0.697 bits per heavy atom. The summed E-state index contributed by atoms with van der Waals surface area (Å²) in [6.45, 7) is 5.10. The van der Waals surface area contributed by atoms with Gasteiger partial charge in [0.05, 0.1) is 0 Å². The van der Waals surface area contributed by atoms with Crippen molar-refractivity contribution in [2.45, 2.75) is 103 Å². The quantitative estimate of drug-likeness (QED) is 0.234. The number of hydrogen-bond acceptors (Lipinski definition) is 1. The predicted molar refractivity (Wildman–Crippen MR) is 142 cm³/mol. The molecule has 0 radical (unpaired) electrons. The Labute approximate surface area is 202 Å². The smallest absolute Gasteiger partial charge is 0.119 e. The van der Waals surface area contributed by atoms with Crippen LogP contribution in [0, 0.1) is 5.41 Å². The van der Waals surface area contributed by atoms with E-state index < -0.39 is 0 Å². The zero-order chi connectivity index (χ0) is 23.0. The van der Waals surface area contributed by atoms with E-state index in [0.29, 0.717) is 17.4 Å². The summed E-state index contributed by atoms with van der Waals surface area (Å²) in [6, 6.07) is 18.1. The molecular weight excluding hydrogens is 400 g/mol. The molecule has 1 nitrogen and oxygen atoms in total. The number of benzene rings is 2. The fourth-order valence-corrected chi connectivity index (χ4v) is 6.31.